The number of nitrogens with zero attached hydrogens (tertiary/aromatic N) is 1. The molecule has 1 N–H and O–H groups in total. The summed E-state index contributed by atoms with van der Waals surface area (Å²) in [4.78, 5) is 15.6. The molecule has 0 radical (unpaired) electrons. The van der Waals surface area contributed by atoms with Crippen molar-refractivity contribution >= 4 is 23.2 Å². The number of amides is 1. The number of carbonyl (C=O) groups excluding carboxylic acids is 1. The van der Waals surface area contributed by atoms with Gasteiger partial charge in [-0.1, -0.05) is 11.6 Å². The molecule has 1 amide bonds. The Kier molecular flexibility index (Phi) is 4.64. The van der Waals surface area contributed by atoms with Crippen LogP contribution in [0.1, 0.15) is 10.4 Å². The fourth-order valence-electron chi connectivity index (χ4n) is 1.52. The number of hydrogen-bond donors (Lipinski definition) is 1. The van der Waals surface area contributed by atoms with Crippen LogP contribution in [0.5, 0.6) is 5.75 Å². The van der Waals surface area contributed by atoms with E-state index in [0.29, 0.717) is 0 Å². The number of pyridine rings is 1. The van der Waals surface area contributed by atoms with Gasteiger partial charge in [0.05, 0.1) is 0 Å². The van der Waals surface area contributed by atoms with Crippen LogP contribution in [0, 0.1) is 5.82 Å². The molecule has 0 aliphatic heterocycles. The molecule has 0 unspecified atom stereocenters. The fraction of sp³-hybridized carbons (Fsp3) is 0.0769. The number of nitrogens with one attached hydrogen (secondary N) is 1. The molecule has 0 aliphatic rings. The average molecular weight is 317 g/mol. The summed E-state index contributed by atoms with van der Waals surface area (Å²) in [5, 5.41) is 2.53. The summed E-state index contributed by atoms with van der Waals surface area (Å²) in [5.74, 6) is -2.16. The molecule has 0 bridgehead atoms. The van der Waals surface area contributed by atoms with Crippen molar-refractivity contribution in [2.75, 3.05) is 5.32 Å². The van der Waals surface area contributed by atoms with E-state index in [4.69, 9.17) is 11.6 Å². The van der Waals surface area contributed by atoms with Gasteiger partial charge in [0.1, 0.15) is 5.15 Å². The molecule has 0 fully saturated rings. The van der Waals surface area contributed by atoms with Gasteiger partial charge in [0.25, 0.3) is 5.91 Å². The van der Waals surface area contributed by atoms with E-state index in [1.54, 1.807) is 0 Å². The van der Waals surface area contributed by atoms with Gasteiger partial charge in [-0.2, -0.15) is 8.78 Å². The molecular weight excluding hydrogens is 309 g/mol. The van der Waals surface area contributed by atoms with Crippen LogP contribution >= 0.6 is 11.6 Å². The molecule has 0 aliphatic carbocycles. The van der Waals surface area contributed by atoms with E-state index >= 15 is 0 Å². The van der Waals surface area contributed by atoms with Gasteiger partial charge in [0.15, 0.2) is 11.6 Å². The Hall–Kier alpha value is -2.28. The SMILES string of the molecule is O=C(Nc1ccc(OC(F)F)c(F)c1)c1ccnc(Cl)c1. The Morgan fingerprint density at radius 2 is 2.05 bits per heavy atom. The number of ether oxygens (including phenoxy) is 1. The van der Waals surface area contributed by atoms with E-state index in [9.17, 15) is 18.0 Å². The van der Waals surface area contributed by atoms with Gasteiger partial charge >= 0.3 is 6.61 Å². The molecule has 110 valence electrons. The zero-order valence-corrected chi connectivity index (χ0v) is 11.1. The topological polar surface area (TPSA) is 51.2 Å². The minimum absolute atomic E-state index is 0.0899. The first kappa shape index (κ1) is 15.1. The number of halogens is 4. The first-order valence-corrected chi connectivity index (χ1v) is 6.01. The zero-order chi connectivity index (χ0) is 15.4. The molecule has 0 atom stereocenters. The van der Waals surface area contributed by atoms with Crippen molar-refractivity contribution < 1.29 is 22.7 Å². The minimum atomic E-state index is -3.13. The fourth-order valence-corrected chi connectivity index (χ4v) is 1.69. The number of hydrogen-bond acceptors (Lipinski definition) is 3. The van der Waals surface area contributed by atoms with Crippen LogP contribution < -0.4 is 10.1 Å². The summed E-state index contributed by atoms with van der Waals surface area (Å²) in [6, 6.07) is 5.86. The highest BCUT2D eigenvalue weighted by atomic mass is 35.5. The molecule has 4 nitrogen and oxygen atoms in total. The maximum absolute atomic E-state index is 13.5. The maximum atomic E-state index is 13.5. The first-order chi connectivity index (χ1) is 9.95. The number of rotatable bonds is 4. The normalized spacial score (nSPS) is 10.5. The van der Waals surface area contributed by atoms with E-state index in [-0.39, 0.29) is 16.4 Å². The number of benzene rings is 1. The van der Waals surface area contributed by atoms with Gasteiger partial charge in [-0.25, -0.2) is 9.37 Å². The molecule has 0 saturated carbocycles. The highest BCUT2D eigenvalue weighted by Gasteiger charge is 2.12. The van der Waals surface area contributed by atoms with Crippen molar-refractivity contribution in [2.45, 2.75) is 6.61 Å². The molecule has 0 spiro atoms. The standard InChI is InChI=1S/C13H8ClF3N2O2/c14-11-5-7(3-4-18-11)12(20)19-8-1-2-10(9(15)6-8)21-13(16)17/h1-6,13H,(H,19,20). The Labute approximate surface area is 122 Å². The lowest BCUT2D eigenvalue weighted by Gasteiger charge is -2.09. The van der Waals surface area contributed by atoms with Crippen molar-refractivity contribution in [1.82, 2.24) is 4.98 Å². The van der Waals surface area contributed by atoms with E-state index in [1.807, 2.05) is 0 Å². The van der Waals surface area contributed by atoms with Gasteiger partial charge in [-0.05, 0) is 24.3 Å². The highest BCUT2D eigenvalue weighted by Crippen LogP contribution is 2.23. The number of carbonyl (C=O) groups is 1. The summed E-state index contributed by atoms with van der Waals surface area (Å²) in [6.45, 7) is -3.13. The van der Waals surface area contributed by atoms with E-state index in [0.717, 1.165) is 12.1 Å². The molecule has 1 aromatic heterocycles. The predicted molar refractivity (Wildman–Crippen MR) is 70.2 cm³/mol. The van der Waals surface area contributed by atoms with Gasteiger partial charge in [0, 0.05) is 23.5 Å². The van der Waals surface area contributed by atoms with E-state index in [2.05, 4.69) is 15.0 Å². The van der Waals surface area contributed by atoms with Crippen molar-refractivity contribution in [2.24, 2.45) is 0 Å². The van der Waals surface area contributed by atoms with E-state index < -0.39 is 24.1 Å². The van der Waals surface area contributed by atoms with Crippen LogP contribution in [-0.4, -0.2) is 17.5 Å². The summed E-state index contributed by atoms with van der Waals surface area (Å²) >= 11 is 5.65. The third-order valence-electron chi connectivity index (χ3n) is 2.39. The van der Waals surface area contributed by atoms with Crippen LogP contribution in [0.4, 0.5) is 18.9 Å². The van der Waals surface area contributed by atoms with Gasteiger partial charge in [0.2, 0.25) is 0 Å². The Balaban J connectivity index is 2.13. The summed E-state index contributed by atoms with van der Waals surface area (Å²) in [6.07, 6.45) is 1.34. The highest BCUT2D eigenvalue weighted by molar-refractivity contribution is 6.29. The van der Waals surface area contributed by atoms with Crippen molar-refractivity contribution in [3.05, 3.63) is 53.1 Å². The Bertz CT molecular complexity index is 668. The third-order valence-corrected chi connectivity index (χ3v) is 2.60. The first-order valence-electron chi connectivity index (χ1n) is 5.63. The largest absolute Gasteiger partial charge is 0.432 e. The second-order valence-corrected chi connectivity index (χ2v) is 4.23. The van der Waals surface area contributed by atoms with Crippen LogP contribution in [0.2, 0.25) is 5.15 Å². The lowest BCUT2D eigenvalue weighted by Crippen LogP contribution is -2.12. The summed E-state index contributed by atoms with van der Waals surface area (Å²) in [5.41, 5.74) is 0.315. The van der Waals surface area contributed by atoms with Gasteiger partial charge < -0.3 is 10.1 Å². The predicted octanol–water partition coefficient (Wildman–Crippen LogP) is 3.73. The lowest BCUT2D eigenvalue weighted by atomic mass is 10.2. The summed E-state index contributed by atoms with van der Waals surface area (Å²) < 4.78 is 41.4. The van der Waals surface area contributed by atoms with Crippen LogP contribution in [0.3, 0.4) is 0 Å². The number of aromatic nitrogens is 1. The smallest absolute Gasteiger partial charge is 0.387 e. The summed E-state index contributed by atoms with van der Waals surface area (Å²) in [7, 11) is 0. The molecular formula is C13H8ClF3N2O2. The molecule has 2 aromatic rings. The molecule has 8 heteroatoms. The second-order valence-electron chi connectivity index (χ2n) is 3.85. The second kappa shape index (κ2) is 6.45. The minimum Gasteiger partial charge on any atom is -0.432 e. The molecule has 2 rings (SSSR count). The van der Waals surface area contributed by atoms with Crippen molar-refractivity contribution in [3.63, 3.8) is 0 Å². The molecule has 21 heavy (non-hydrogen) atoms. The molecule has 1 heterocycles. The van der Waals surface area contributed by atoms with Crippen LogP contribution in [0.15, 0.2) is 36.5 Å². The lowest BCUT2D eigenvalue weighted by molar-refractivity contribution is -0.0521. The number of alkyl halides is 2. The van der Waals surface area contributed by atoms with Crippen molar-refractivity contribution in [1.29, 1.82) is 0 Å². The van der Waals surface area contributed by atoms with Crippen LogP contribution in [-0.2, 0) is 0 Å². The average Bonchev–Trinajstić information content (AvgIpc) is 2.41. The van der Waals surface area contributed by atoms with Crippen molar-refractivity contribution in [3.8, 4) is 5.75 Å². The third kappa shape index (κ3) is 4.09. The van der Waals surface area contributed by atoms with Gasteiger partial charge in [-0.3, -0.25) is 4.79 Å². The molecule has 1 aromatic carbocycles. The number of anilines is 1. The van der Waals surface area contributed by atoms with Gasteiger partial charge in [-0.15, -0.1) is 0 Å². The molecule has 0 saturated heterocycles. The van der Waals surface area contributed by atoms with E-state index in [1.165, 1.54) is 24.4 Å². The Morgan fingerprint density at radius 1 is 1.29 bits per heavy atom. The van der Waals surface area contributed by atoms with Crippen LogP contribution in [0.25, 0.3) is 0 Å². The monoisotopic (exact) mass is 316 g/mol. The zero-order valence-electron chi connectivity index (χ0n) is 10.3. The Morgan fingerprint density at radius 3 is 2.67 bits per heavy atom. The maximum Gasteiger partial charge on any atom is 0.387 e. The quantitative estimate of drug-likeness (QED) is 0.874.